The Balaban J connectivity index is 3.15. The number of rotatable bonds is 1. The fourth-order valence-electron chi connectivity index (χ4n) is 0.632. The van der Waals surface area contributed by atoms with E-state index in [1.807, 2.05) is 0 Å². The Hall–Kier alpha value is -1.16. The summed E-state index contributed by atoms with van der Waals surface area (Å²) in [6, 6.07) is 2.73. The molecule has 0 atom stereocenters. The molecule has 0 aliphatic rings. The largest absolute Gasteiger partial charge is 0.363 e. The fourth-order valence-corrected chi connectivity index (χ4v) is 0.738. The molecule has 5 heteroatoms. The molecule has 1 aromatic rings. The van der Waals surface area contributed by atoms with Crippen LogP contribution in [-0.2, 0) is 0 Å². The van der Waals surface area contributed by atoms with Crippen LogP contribution in [-0.4, -0.2) is 9.91 Å². The number of hydrogen-bond acceptors (Lipinski definition) is 3. The molecular formula is C6H5ClN2O2. The molecule has 1 heterocycles. The normalized spacial score (nSPS) is 9.64. The van der Waals surface area contributed by atoms with E-state index < -0.39 is 4.92 Å². The van der Waals surface area contributed by atoms with Gasteiger partial charge in [-0.05, 0) is 16.0 Å². The van der Waals surface area contributed by atoms with Crippen LogP contribution in [0.2, 0.25) is 5.02 Å². The van der Waals surface area contributed by atoms with Crippen LogP contribution < -0.4 is 0 Å². The summed E-state index contributed by atoms with van der Waals surface area (Å²) in [4.78, 5) is 13.3. The van der Waals surface area contributed by atoms with E-state index in [0.29, 0.717) is 10.7 Å². The lowest BCUT2D eigenvalue weighted by Crippen LogP contribution is -1.93. The summed E-state index contributed by atoms with van der Waals surface area (Å²) in [6.07, 6.45) is 0. The van der Waals surface area contributed by atoms with Gasteiger partial charge in [-0.3, -0.25) is 0 Å². The molecule has 1 rings (SSSR count). The molecule has 0 aliphatic carbocycles. The Bertz CT molecular complexity index is 301. The highest BCUT2D eigenvalue weighted by atomic mass is 35.5. The average molecular weight is 173 g/mol. The molecule has 0 saturated carbocycles. The first-order chi connectivity index (χ1) is 5.11. The molecule has 0 bridgehead atoms. The number of nitro groups is 1. The van der Waals surface area contributed by atoms with Crippen molar-refractivity contribution < 1.29 is 4.92 Å². The minimum Gasteiger partial charge on any atom is -0.358 e. The van der Waals surface area contributed by atoms with Crippen LogP contribution in [0.15, 0.2) is 12.1 Å². The topological polar surface area (TPSA) is 56.0 Å². The lowest BCUT2D eigenvalue weighted by atomic mass is 10.4. The van der Waals surface area contributed by atoms with Crippen molar-refractivity contribution in [3.8, 4) is 0 Å². The first-order valence-electron chi connectivity index (χ1n) is 2.89. The van der Waals surface area contributed by atoms with Gasteiger partial charge in [-0.25, -0.2) is 0 Å². The number of hydrogen-bond donors (Lipinski definition) is 0. The third-order valence-corrected chi connectivity index (χ3v) is 1.59. The molecule has 58 valence electrons. The fraction of sp³-hybridized carbons (Fsp3) is 0.167. The minimum atomic E-state index is -0.552. The number of aryl methyl sites for hydroxylation is 1. The lowest BCUT2D eigenvalue weighted by Gasteiger charge is -1.92. The molecule has 0 aromatic carbocycles. The first-order valence-corrected chi connectivity index (χ1v) is 3.26. The van der Waals surface area contributed by atoms with E-state index in [1.165, 1.54) is 12.1 Å². The zero-order valence-electron chi connectivity index (χ0n) is 5.74. The van der Waals surface area contributed by atoms with Crippen LogP contribution in [0.4, 0.5) is 5.82 Å². The number of aromatic nitrogens is 1. The number of pyridine rings is 1. The van der Waals surface area contributed by atoms with E-state index in [-0.39, 0.29) is 5.82 Å². The summed E-state index contributed by atoms with van der Waals surface area (Å²) in [7, 11) is 0. The third-order valence-electron chi connectivity index (χ3n) is 1.19. The van der Waals surface area contributed by atoms with Gasteiger partial charge in [-0.2, -0.15) is 0 Å². The van der Waals surface area contributed by atoms with E-state index in [9.17, 15) is 10.1 Å². The highest BCUT2D eigenvalue weighted by Gasteiger charge is 2.09. The SMILES string of the molecule is Cc1nc([N+](=O)[O-])ccc1Cl. The summed E-state index contributed by atoms with van der Waals surface area (Å²) in [5, 5.41) is 10.6. The van der Waals surface area contributed by atoms with E-state index in [0.717, 1.165) is 0 Å². The number of halogens is 1. The quantitative estimate of drug-likeness (QED) is 0.481. The molecule has 0 unspecified atom stereocenters. The van der Waals surface area contributed by atoms with Crippen molar-refractivity contribution in [3.05, 3.63) is 33.0 Å². The van der Waals surface area contributed by atoms with E-state index in [4.69, 9.17) is 11.6 Å². The van der Waals surface area contributed by atoms with Crippen molar-refractivity contribution in [1.82, 2.24) is 4.98 Å². The zero-order valence-corrected chi connectivity index (χ0v) is 6.50. The monoisotopic (exact) mass is 172 g/mol. The molecule has 0 N–H and O–H groups in total. The second kappa shape index (κ2) is 2.84. The molecule has 0 spiro atoms. The maximum Gasteiger partial charge on any atom is 0.363 e. The Morgan fingerprint density at radius 1 is 1.64 bits per heavy atom. The molecule has 0 saturated heterocycles. The molecule has 0 amide bonds. The molecule has 1 aromatic heterocycles. The minimum absolute atomic E-state index is 0.174. The van der Waals surface area contributed by atoms with Crippen molar-refractivity contribution in [2.75, 3.05) is 0 Å². The van der Waals surface area contributed by atoms with E-state index in [2.05, 4.69) is 4.98 Å². The van der Waals surface area contributed by atoms with Crippen molar-refractivity contribution in [2.45, 2.75) is 6.92 Å². The number of nitrogens with zero attached hydrogens (tertiary/aromatic N) is 2. The molecule has 0 fully saturated rings. The zero-order chi connectivity index (χ0) is 8.43. The highest BCUT2D eigenvalue weighted by Crippen LogP contribution is 2.16. The molecule has 0 aliphatic heterocycles. The maximum atomic E-state index is 10.2. The van der Waals surface area contributed by atoms with Gasteiger partial charge >= 0.3 is 5.82 Å². The summed E-state index contributed by atoms with van der Waals surface area (Å²) in [5.74, 6) is -0.174. The van der Waals surface area contributed by atoms with E-state index >= 15 is 0 Å². The smallest absolute Gasteiger partial charge is 0.358 e. The van der Waals surface area contributed by atoms with Crippen molar-refractivity contribution in [2.24, 2.45) is 0 Å². The van der Waals surface area contributed by atoms with Crippen LogP contribution >= 0.6 is 11.6 Å². The van der Waals surface area contributed by atoms with Gasteiger partial charge in [0.15, 0.2) is 5.69 Å². The predicted molar refractivity (Wildman–Crippen MR) is 40.6 cm³/mol. The van der Waals surface area contributed by atoms with Crippen molar-refractivity contribution in [1.29, 1.82) is 0 Å². The van der Waals surface area contributed by atoms with Gasteiger partial charge in [-0.15, -0.1) is 0 Å². The first kappa shape index (κ1) is 7.94. The highest BCUT2D eigenvalue weighted by molar-refractivity contribution is 6.31. The second-order valence-corrected chi connectivity index (χ2v) is 2.40. The Kier molecular flexibility index (Phi) is 2.05. The van der Waals surface area contributed by atoms with Gasteiger partial charge in [0.25, 0.3) is 0 Å². The lowest BCUT2D eigenvalue weighted by molar-refractivity contribution is -0.389. The van der Waals surface area contributed by atoms with Gasteiger partial charge in [0, 0.05) is 13.0 Å². The molecule has 0 radical (unpaired) electrons. The van der Waals surface area contributed by atoms with Gasteiger partial charge in [0.05, 0.1) is 5.02 Å². The summed E-state index contributed by atoms with van der Waals surface area (Å²) < 4.78 is 0. The molecular weight excluding hydrogens is 168 g/mol. The Morgan fingerprint density at radius 3 is 2.73 bits per heavy atom. The van der Waals surface area contributed by atoms with E-state index in [1.54, 1.807) is 6.92 Å². The second-order valence-electron chi connectivity index (χ2n) is 1.99. The van der Waals surface area contributed by atoms with Crippen molar-refractivity contribution in [3.63, 3.8) is 0 Å². The Morgan fingerprint density at radius 2 is 2.27 bits per heavy atom. The predicted octanol–water partition coefficient (Wildman–Crippen LogP) is 1.95. The molecule has 11 heavy (non-hydrogen) atoms. The average Bonchev–Trinajstić information content (AvgIpc) is 1.94. The van der Waals surface area contributed by atoms with Gasteiger partial charge in [-0.1, -0.05) is 11.6 Å². The van der Waals surface area contributed by atoms with Crippen LogP contribution in [0.5, 0.6) is 0 Å². The van der Waals surface area contributed by atoms with Gasteiger partial charge < -0.3 is 10.1 Å². The third kappa shape index (κ3) is 1.65. The summed E-state index contributed by atoms with van der Waals surface area (Å²) >= 11 is 5.60. The van der Waals surface area contributed by atoms with Gasteiger partial charge in [0.1, 0.15) is 0 Å². The van der Waals surface area contributed by atoms with Crippen LogP contribution in [0.1, 0.15) is 5.69 Å². The standard InChI is InChI=1S/C6H5ClN2O2/c1-4-5(7)2-3-6(8-4)9(10)11/h2-3H,1H3. The summed E-state index contributed by atoms with van der Waals surface area (Å²) in [6.45, 7) is 1.62. The molecule has 4 nitrogen and oxygen atoms in total. The van der Waals surface area contributed by atoms with Crippen LogP contribution in [0.3, 0.4) is 0 Å². The van der Waals surface area contributed by atoms with Crippen LogP contribution in [0.25, 0.3) is 0 Å². The Labute approximate surface area is 68.0 Å². The van der Waals surface area contributed by atoms with Gasteiger partial charge in [0.2, 0.25) is 0 Å². The maximum absolute atomic E-state index is 10.2. The summed E-state index contributed by atoms with van der Waals surface area (Å²) in [5.41, 5.74) is 0.473. The van der Waals surface area contributed by atoms with Crippen molar-refractivity contribution >= 4 is 17.4 Å². The van der Waals surface area contributed by atoms with Crippen LogP contribution in [0, 0.1) is 17.0 Å².